The van der Waals surface area contributed by atoms with E-state index >= 15 is 0 Å². The predicted molar refractivity (Wildman–Crippen MR) is 80.9 cm³/mol. The predicted octanol–water partition coefficient (Wildman–Crippen LogP) is 2.39. The highest BCUT2D eigenvalue weighted by molar-refractivity contribution is 5.07. The summed E-state index contributed by atoms with van der Waals surface area (Å²) in [5, 5.41) is 8.00. The second kappa shape index (κ2) is 10.8. The molecule has 0 aliphatic rings. The van der Waals surface area contributed by atoms with E-state index in [1.54, 1.807) is 7.11 Å². The second-order valence-corrected chi connectivity index (χ2v) is 4.88. The molecule has 0 amide bonds. The van der Waals surface area contributed by atoms with Gasteiger partial charge in [-0.25, -0.2) is 0 Å². The lowest BCUT2D eigenvalue weighted by Gasteiger charge is -2.20. The van der Waals surface area contributed by atoms with Crippen molar-refractivity contribution in [3.8, 4) is 0 Å². The SMILES string of the molecule is CCCNC(CCOCCOC)c1ccnn1CCC. The first-order valence-electron chi connectivity index (χ1n) is 7.65. The number of hydrogen-bond acceptors (Lipinski definition) is 4. The first-order chi connectivity index (χ1) is 9.83. The Morgan fingerprint density at radius 2 is 2.10 bits per heavy atom. The molecule has 0 aliphatic heterocycles. The van der Waals surface area contributed by atoms with Crippen LogP contribution in [0.15, 0.2) is 12.3 Å². The summed E-state index contributed by atoms with van der Waals surface area (Å²) >= 11 is 0. The van der Waals surface area contributed by atoms with Crippen molar-refractivity contribution in [2.45, 2.75) is 45.7 Å². The molecule has 1 rings (SSSR count). The summed E-state index contributed by atoms with van der Waals surface area (Å²) in [7, 11) is 1.69. The maximum atomic E-state index is 5.59. The van der Waals surface area contributed by atoms with Crippen molar-refractivity contribution in [2.24, 2.45) is 0 Å². The number of aromatic nitrogens is 2. The fraction of sp³-hybridized carbons (Fsp3) is 0.800. The van der Waals surface area contributed by atoms with Gasteiger partial charge in [0.15, 0.2) is 0 Å². The lowest BCUT2D eigenvalue weighted by Crippen LogP contribution is -2.26. The molecule has 0 aliphatic carbocycles. The van der Waals surface area contributed by atoms with E-state index in [1.807, 2.05) is 6.20 Å². The average molecular weight is 283 g/mol. The highest BCUT2D eigenvalue weighted by atomic mass is 16.5. The minimum absolute atomic E-state index is 0.312. The summed E-state index contributed by atoms with van der Waals surface area (Å²) < 4.78 is 12.7. The highest BCUT2D eigenvalue weighted by Crippen LogP contribution is 2.17. The molecule has 1 aromatic rings. The molecule has 5 nitrogen and oxygen atoms in total. The normalized spacial score (nSPS) is 12.8. The molecule has 0 saturated heterocycles. The monoisotopic (exact) mass is 283 g/mol. The van der Waals surface area contributed by atoms with E-state index in [-0.39, 0.29) is 0 Å². The maximum Gasteiger partial charge on any atom is 0.0700 e. The number of rotatable bonds is 12. The van der Waals surface area contributed by atoms with Gasteiger partial charge in [0.25, 0.3) is 0 Å². The molecule has 0 spiro atoms. The number of nitrogens with zero attached hydrogens (tertiary/aromatic N) is 2. The summed E-state index contributed by atoms with van der Waals surface area (Å²) in [4.78, 5) is 0. The number of hydrogen-bond donors (Lipinski definition) is 1. The van der Waals surface area contributed by atoms with Crippen LogP contribution in [0.1, 0.15) is 44.8 Å². The third kappa shape index (κ3) is 6.03. The summed E-state index contributed by atoms with van der Waals surface area (Å²) in [6.45, 7) is 8.39. The average Bonchev–Trinajstić information content (AvgIpc) is 2.90. The van der Waals surface area contributed by atoms with Crippen molar-refractivity contribution in [1.82, 2.24) is 15.1 Å². The zero-order valence-electron chi connectivity index (χ0n) is 13.1. The smallest absolute Gasteiger partial charge is 0.0700 e. The van der Waals surface area contributed by atoms with Crippen LogP contribution in [0.3, 0.4) is 0 Å². The standard InChI is InChI=1S/C15H29N3O2/c1-4-8-16-14(7-11-20-13-12-19-3)15-6-9-17-18(15)10-5-2/h6,9,14,16H,4-5,7-8,10-13H2,1-3H3. The van der Waals surface area contributed by atoms with Gasteiger partial charge in [-0.15, -0.1) is 0 Å². The molecule has 1 unspecified atom stereocenters. The van der Waals surface area contributed by atoms with Gasteiger partial charge < -0.3 is 14.8 Å². The van der Waals surface area contributed by atoms with Crippen LogP contribution in [-0.4, -0.2) is 43.3 Å². The third-order valence-corrected chi connectivity index (χ3v) is 3.17. The fourth-order valence-electron chi connectivity index (χ4n) is 2.16. The van der Waals surface area contributed by atoms with E-state index in [1.165, 1.54) is 5.69 Å². The van der Waals surface area contributed by atoms with E-state index in [9.17, 15) is 0 Å². The van der Waals surface area contributed by atoms with Gasteiger partial charge in [0.1, 0.15) is 0 Å². The highest BCUT2D eigenvalue weighted by Gasteiger charge is 2.15. The van der Waals surface area contributed by atoms with E-state index in [4.69, 9.17) is 9.47 Å². The van der Waals surface area contributed by atoms with Crippen molar-refractivity contribution in [1.29, 1.82) is 0 Å². The van der Waals surface area contributed by atoms with Gasteiger partial charge in [0, 0.05) is 26.5 Å². The molecule has 1 aromatic heterocycles. The minimum Gasteiger partial charge on any atom is -0.382 e. The molecule has 0 radical (unpaired) electrons. The summed E-state index contributed by atoms with van der Waals surface area (Å²) in [5.74, 6) is 0. The maximum absolute atomic E-state index is 5.59. The van der Waals surface area contributed by atoms with Gasteiger partial charge in [0.2, 0.25) is 0 Å². The van der Waals surface area contributed by atoms with Crippen LogP contribution in [0.2, 0.25) is 0 Å². The molecule has 0 saturated carbocycles. The molecule has 1 atom stereocenters. The molecule has 0 fully saturated rings. The molecule has 5 heteroatoms. The van der Waals surface area contributed by atoms with Gasteiger partial charge in [-0.1, -0.05) is 13.8 Å². The largest absolute Gasteiger partial charge is 0.382 e. The summed E-state index contributed by atoms with van der Waals surface area (Å²) in [5.41, 5.74) is 1.26. The van der Waals surface area contributed by atoms with Crippen molar-refractivity contribution in [3.63, 3.8) is 0 Å². The van der Waals surface area contributed by atoms with E-state index in [0.717, 1.165) is 39.0 Å². The molecule has 1 heterocycles. The first kappa shape index (κ1) is 17.1. The number of methoxy groups -OCH3 is 1. The topological polar surface area (TPSA) is 48.3 Å². The number of aryl methyl sites for hydroxylation is 1. The Balaban J connectivity index is 2.51. The Morgan fingerprint density at radius 1 is 1.25 bits per heavy atom. The third-order valence-electron chi connectivity index (χ3n) is 3.17. The molecule has 0 aromatic carbocycles. The zero-order chi connectivity index (χ0) is 14.6. The quantitative estimate of drug-likeness (QED) is 0.598. The van der Waals surface area contributed by atoms with Gasteiger partial charge in [-0.05, 0) is 31.9 Å². The van der Waals surface area contributed by atoms with Crippen molar-refractivity contribution >= 4 is 0 Å². The van der Waals surface area contributed by atoms with Crippen LogP contribution in [0.5, 0.6) is 0 Å². The molecule has 1 N–H and O–H groups in total. The van der Waals surface area contributed by atoms with Crippen LogP contribution in [0.4, 0.5) is 0 Å². The molecule has 116 valence electrons. The van der Waals surface area contributed by atoms with Crippen LogP contribution in [-0.2, 0) is 16.0 Å². The summed E-state index contributed by atoms with van der Waals surface area (Å²) in [6.07, 6.45) is 5.07. The van der Waals surface area contributed by atoms with Crippen molar-refractivity contribution in [3.05, 3.63) is 18.0 Å². The van der Waals surface area contributed by atoms with Crippen molar-refractivity contribution < 1.29 is 9.47 Å². The fourth-order valence-corrected chi connectivity index (χ4v) is 2.16. The van der Waals surface area contributed by atoms with Crippen LogP contribution in [0.25, 0.3) is 0 Å². The Labute approximate surface area is 122 Å². The summed E-state index contributed by atoms with van der Waals surface area (Å²) in [6, 6.07) is 2.42. The van der Waals surface area contributed by atoms with Crippen LogP contribution < -0.4 is 5.32 Å². The lowest BCUT2D eigenvalue weighted by molar-refractivity contribution is 0.0654. The molecular weight excluding hydrogens is 254 g/mol. The molecule has 20 heavy (non-hydrogen) atoms. The molecular formula is C15H29N3O2. The van der Waals surface area contributed by atoms with Crippen LogP contribution in [0, 0.1) is 0 Å². The Bertz CT molecular complexity index is 342. The van der Waals surface area contributed by atoms with Crippen LogP contribution >= 0.6 is 0 Å². The Kier molecular flexibility index (Phi) is 9.28. The Hall–Kier alpha value is -0.910. The number of ether oxygens (including phenoxy) is 2. The minimum atomic E-state index is 0.312. The Morgan fingerprint density at radius 3 is 2.80 bits per heavy atom. The molecule has 0 bridgehead atoms. The van der Waals surface area contributed by atoms with Crippen molar-refractivity contribution in [2.75, 3.05) is 33.5 Å². The van der Waals surface area contributed by atoms with Gasteiger partial charge in [-0.2, -0.15) is 5.10 Å². The van der Waals surface area contributed by atoms with Gasteiger partial charge in [0.05, 0.1) is 24.9 Å². The van der Waals surface area contributed by atoms with E-state index < -0.39 is 0 Å². The van der Waals surface area contributed by atoms with E-state index in [2.05, 4.69) is 35.0 Å². The lowest BCUT2D eigenvalue weighted by atomic mass is 10.1. The van der Waals surface area contributed by atoms with Gasteiger partial charge in [-0.3, -0.25) is 4.68 Å². The second-order valence-electron chi connectivity index (χ2n) is 4.88. The first-order valence-corrected chi connectivity index (χ1v) is 7.65. The van der Waals surface area contributed by atoms with Gasteiger partial charge >= 0.3 is 0 Å². The van der Waals surface area contributed by atoms with E-state index in [0.29, 0.717) is 19.3 Å². The zero-order valence-corrected chi connectivity index (χ0v) is 13.1. The number of nitrogens with one attached hydrogen (secondary N) is 1.